The monoisotopic (exact) mass is 604 g/mol. The molecule has 2 aromatic carbocycles. The molecule has 5 aromatic rings. The molecule has 1 aliphatic carbocycles. The molecule has 2 saturated heterocycles. The topological polar surface area (TPSA) is 96.5 Å². The largest absolute Gasteiger partial charge is 0.494 e. The minimum atomic E-state index is 0.496. The van der Waals surface area contributed by atoms with Crippen LogP contribution in [0.2, 0.25) is 0 Å². The van der Waals surface area contributed by atoms with Crippen molar-refractivity contribution in [2.75, 3.05) is 62.9 Å². The molecule has 10 nitrogen and oxygen atoms in total. The molecule has 0 spiro atoms. The lowest BCUT2D eigenvalue weighted by molar-refractivity contribution is 0.387. The highest BCUT2D eigenvalue weighted by molar-refractivity contribution is 5.99. The minimum absolute atomic E-state index is 0.496. The third-order valence-corrected chi connectivity index (χ3v) is 9.87. The first kappa shape index (κ1) is 27.9. The number of hydrogen-bond acceptors (Lipinski definition) is 9. The van der Waals surface area contributed by atoms with E-state index in [2.05, 4.69) is 79.8 Å². The molecule has 5 heterocycles. The Balaban J connectivity index is 1.20. The summed E-state index contributed by atoms with van der Waals surface area (Å²) >= 11 is 0. The van der Waals surface area contributed by atoms with Crippen LogP contribution in [0.4, 0.5) is 23.0 Å². The van der Waals surface area contributed by atoms with Crippen LogP contribution >= 0.6 is 0 Å². The van der Waals surface area contributed by atoms with Crippen LogP contribution in [0.5, 0.6) is 5.75 Å². The average Bonchev–Trinajstić information content (AvgIpc) is 3.38. The van der Waals surface area contributed by atoms with Gasteiger partial charge in [-0.05, 0) is 57.7 Å². The van der Waals surface area contributed by atoms with E-state index >= 15 is 0 Å². The van der Waals surface area contributed by atoms with Crippen LogP contribution in [0.1, 0.15) is 30.3 Å². The van der Waals surface area contributed by atoms with Crippen molar-refractivity contribution in [3.63, 3.8) is 0 Å². The molecule has 2 atom stereocenters. The van der Waals surface area contributed by atoms with Gasteiger partial charge in [-0.3, -0.25) is 0 Å². The average molecular weight is 605 g/mol. The normalized spacial score (nSPS) is 19.8. The van der Waals surface area contributed by atoms with E-state index in [1.165, 1.54) is 29.4 Å². The number of aryl methyl sites for hydroxylation is 2. The zero-order valence-corrected chi connectivity index (χ0v) is 26.6. The minimum Gasteiger partial charge on any atom is -0.494 e. The molecule has 1 saturated carbocycles. The van der Waals surface area contributed by atoms with Crippen LogP contribution in [0.25, 0.3) is 33.3 Å². The number of methoxy groups -OCH3 is 1. The van der Waals surface area contributed by atoms with Crippen molar-refractivity contribution in [1.82, 2.24) is 24.6 Å². The van der Waals surface area contributed by atoms with Crippen molar-refractivity contribution in [2.24, 2.45) is 11.8 Å². The molecule has 8 rings (SSSR count). The fourth-order valence-corrected chi connectivity index (χ4v) is 7.59. The van der Waals surface area contributed by atoms with Gasteiger partial charge in [0.15, 0.2) is 0 Å². The zero-order valence-electron chi connectivity index (χ0n) is 26.6. The van der Waals surface area contributed by atoms with Crippen LogP contribution in [-0.4, -0.2) is 72.0 Å². The number of likely N-dealkylation sites (tertiary alicyclic amines) is 1. The third kappa shape index (κ3) is 4.79. The van der Waals surface area contributed by atoms with E-state index in [9.17, 15) is 0 Å². The highest BCUT2D eigenvalue weighted by Gasteiger charge is 2.39. The molecule has 3 aromatic heterocycles. The second-order valence-corrected chi connectivity index (χ2v) is 12.9. The quantitative estimate of drug-likeness (QED) is 0.206. The number of para-hydroxylation sites is 1. The van der Waals surface area contributed by atoms with Crippen LogP contribution in [-0.2, 0) is 0 Å². The Hall–Kier alpha value is -4.57. The van der Waals surface area contributed by atoms with Gasteiger partial charge in [0.05, 0.1) is 41.1 Å². The van der Waals surface area contributed by atoms with E-state index in [4.69, 9.17) is 19.2 Å². The molecule has 3 fully saturated rings. The third-order valence-electron chi connectivity index (χ3n) is 9.87. The molecule has 2 N–H and O–H groups in total. The molecule has 2 aliphatic heterocycles. The van der Waals surface area contributed by atoms with Crippen molar-refractivity contribution >= 4 is 33.9 Å². The lowest BCUT2D eigenvalue weighted by Crippen LogP contribution is -2.27. The Labute approximate surface area is 263 Å². The van der Waals surface area contributed by atoms with Crippen molar-refractivity contribution in [2.45, 2.75) is 32.7 Å². The molecule has 0 bridgehead atoms. The molecule has 2 unspecified atom stereocenters. The van der Waals surface area contributed by atoms with Crippen LogP contribution in [0.3, 0.4) is 0 Å². The van der Waals surface area contributed by atoms with E-state index in [1.54, 1.807) is 7.11 Å². The van der Waals surface area contributed by atoms with E-state index in [0.717, 1.165) is 77.1 Å². The molecule has 0 amide bonds. The van der Waals surface area contributed by atoms with Crippen molar-refractivity contribution in [3.05, 3.63) is 60.2 Å². The maximum Gasteiger partial charge on any atom is 0.227 e. The predicted molar refractivity (Wildman–Crippen MR) is 179 cm³/mol. The van der Waals surface area contributed by atoms with Crippen LogP contribution in [0, 0.1) is 25.7 Å². The summed E-state index contributed by atoms with van der Waals surface area (Å²) < 4.78 is 13.9. The van der Waals surface area contributed by atoms with E-state index in [-0.39, 0.29) is 0 Å². The van der Waals surface area contributed by atoms with Gasteiger partial charge in [0.25, 0.3) is 0 Å². The van der Waals surface area contributed by atoms with Gasteiger partial charge in [0.2, 0.25) is 5.95 Å². The van der Waals surface area contributed by atoms with Gasteiger partial charge in [-0.1, -0.05) is 23.4 Å². The van der Waals surface area contributed by atoms with Gasteiger partial charge in [-0.2, -0.15) is 0 Å². The molecule has 45 heavy (non-hydrogen) atoms. The summed E-state index contributed by atoms with van der Waals surface area (Å²) in [6.07, 6.45) is 6.55. The predicted octanol–water partition coefficient (Wildman–Crippen LogP) is 6.50. The van der Waals surface area contributed by atoms with Crippen LogP contribution < -0.4 is 20.3 Å². The number of rotatable bonds is 8. The van der Waals surface area contributed by atoms with Gasteiger partial charge >= 0.3 is 0 Å². The van der Waals surface area contributed by atoms with Crippen LogP contribution in [0.15, 0.2) is 53.3 Å². The summed E-state index contributed by atoms with van der Waals surface area (Å²) in [6.45, 7) is 8.35. The summed E-state index contributed by atoms with van der Waals surface area (Å²) in [5.41, 5.74) is 8.81. The van der Waals surface area contributed by atoms with Gasteiger partial charge in [0, 0.05) is 79.8 Å². The SMILES string of the molecule is CNc1cc(Nc2ncc(-c3c(C)noc3C)c(-c3cn(C4CC4)c4ccccc34)n2)c(OC)cc1N1CC2CN(C)CC2C1. The summed E-state index contributed by atoms with van der Waals surface area (Å²) in [5, 5.41) is 12.4. The maximum atomic E-state index is 5.95. The number of aromatic nitrogens is 4. The smallest absolute Gasteiger partial charge is 0.227 e. The molecule has 10 heteroatoms. The number of ether oxygens (including phenoxy) is 1. The fraction of sp³-hybridized carbons (Fsp3) is 0.400. The number of nitrogens with one attached hydrogen (secondary N) is 2. The summed E-state index contributed by atoms with van der Waals surface area (Å²) in [4.78, 5) is 15.0. The van der Waals surface area contributed by atoms with Gasteiger partial charge in [-0.15, -0.1) is 0 Å². The van der Waals surface area contributed by atoms with Crippen molar-refractivity contribution in [3.8, 4) is 28.1 Å². The van der Waals surface area contributed by atoms with E-state index in [0.29, 0.717) is 23.8 Å². The number of hydrogen-bond donors (Lipinski definition) is 2. The lowest BCUT2D eigenvalue weighted by atomic mass is 9.99. The van der Waals surface area contributed by atoms with Crippen molar-refractivity contribution in [1.29, 1.82) is 0 Å². The Bertz CT molecular complexity index is 1870. The second-order valence-electron chi connectivity index (χ2n) is 12.9. The number of fused-ring (bicyclic) bond motifs is 2. The molecular weight excluding hydrogens is 564 g/mol. The first-order valence-corrected chi connectivity index (χ1v) is 15.9. The maximum absolute atomic E-state index is 5.95. The van der Waals surface area contributed by atoms with Gasteiger partial charge in [0.1, 0.15) is 11.5 Å². The number of nitrogens with zero attached hydrogens (tertiary/aromatic N) is 6. The highest BCUT2D eigenvalue weighted by atomic mass is 16.5. The summed E-state index contributed by atoms with van der Waals surface area (Å²) in [7, 11) is 5.92. The molecule has 0 radical (unpaired) electrons. The van der Waals surface area contributed by atoms with E-state index in [1.807, 2.05) is 27.1 Å². The molecule has 3 aliphatic rings. The molecular formula is C35H40N8O2. The van der Waals surface area contributed by atoms with E-state index < -0.39 is 0 Å². The van der Waals surface area contributed by atoms with Crippen molar-refractivity contribution < 1.29 is 9.26 Å². The zero-order chi connectivity index (χ0) is 30.8. The Morgan fingerprint density at radius 2 is 1.76 bits per heavy atom. The Kier molecular flexibility index (Phi) is 6.71. The first-order chi connectivity index (χ1) is 21.9. The lowest BCUT2D eigenvalue weighted by Gasteiger charge is -2.25. The van der Waals surface area contributed by atoms with Gasteiger partial charge in [-0.25, -0.2) is 9.97 Å². The summed E-state index contributed by atoms with van der Waals surface area (Å²) in [5.74, 6) is 3.41. The summed E-state index contributed by atoms with van der Waals surface area (Å²) in [6, 6.07) is 13.4. The first-order valence-electron chi connectivity index (χ1n) is 15.9. The standard InChI is InChI=1S/C35H40N8O2/c1-20-33(21(2)45-40-20)26-14-37-35(39-34(26)27-19-43(24-10-11-24)30-9-7-6-8-25(27)30)38-29-12-28(36-3)31(13-32(29)44-5)42-17-22-15-41(4)16-23(22)18-42/h6-9,12-14,19,22-24,36H,10-11,15-18H2,1-5H3,(H,37,38,39). The Morgan fingerprint density at radius 3 is 2.44 bits per heavy atom. The number of anilines is 4. The second kappa shape index (κ2) is 10.8. The highest BCUT2D eigenvalue weighted by Crippen LogP contribution is 2.45. The molecule has 232 valence electrons. The van der Waals surface area contributed by atoms with Gasteiger partial charge < -0.3 is 34.3 Å². The number of benzene rings is 2. The fourth-order valence-electron chi connectivity index (χ4n) is 7.59. The Morgan fingerprint density at radius 1 is 0.978 bits per heavy atom.